The van der Waals surface area contributed by atoms with Gasteiger partial charge in [0.25, 0.3) is 0 Å². The Balaban J connectivity index is 2.80. The number of hydroxylamine groups is 2. The maximum Gasteiger partial charge on any atom is 0.135 e. The lowest BCUT2D eigenvalue weighted by atomic mass is 9.82. The molecule has 0 radical (unpaired) electrons. The van der Waals surface area contributed by atoms with Crippen LogP contribution in [-0.2, 0) is 4.79 Å². The van der Waals surface area contributed by atoms with Gasteiger partial charge in [-0.3, -0.25) is 4.79 Å². The van der Waals surface area contributed by atoms with Gasteiger partial charge in [-0.1, -0.05) is 13.8 Å². The van der Waals surface area contributed by atoms with Crippen molar-refractivity contribution in [3.05, 3.63) is 0 Å². The predicted molar refractivity (Wildman–Crippen MR) is 64.4 cm³/mol. The minimum atomic E-state index is -0.311. The molecule has 94 valence electrons. The van der Waals surface area contributed by atoms with Crippen LogP contribution in [0, 0.1) is 11.8 Å². The zero-order valence-electron chi connectivity index (χ0n) is 11.4. The van der Waals surface area contributed by atoms with Crippen molar-refractivity contribution in [2.75, 3.05) is 0 Å². The molecule has 3 nitrogen and oxygen atoms in total. The van der Waals surface area contributed by atoms with Crippen LogP contribution in [-0.4, -0.2) is 27.1 Å². The minimum Gasteiger partial charge on any atom is -0.313 e. The van der Waals surface area contributed by atoms with Crippen LogP contribution in [0.15, 0.2) is 0 Å². The molecule has 0 aromatic heterocycles. The second kappa shape index (κ2) is 4.11. The van der Waals surface area contributed by atoms with Gasteiger partial charge in [-0.05, 0) is 40.0 Å². The average Bonchev–Trinajstić information content (AvgIpc) is 2.27. The molecule has 1 atom stereocenters. The smallest absolute Gasteiger partial charge is 0.135 e. The second-order valence-corrected chi connectivity index (χ2v) is 6.50. The van der Waals surface area contributed by atoms with Gasteiger partial charge < -0.3 is 5.21 Å². The fourth-order valence-corrected chi connectivity index (χ4v) is 2.69. The summed E-state index contributed by atoms with van der Waals surface area (Å²) in [6, 6.07) is 0. The summed E-state index contributed by atoms with van der Waals surface area (Å²) in [6.45, 7) is 11.9. The third kappa shape index (κ3) is 2.30. The third-order valence-electron chi connectivity index (χ3n) is 3.96. The molecule has 16 heavy (non-hydrogen) atoms. The molecular formula is C13H25NO2. The molecule has 0 aromatic carbocycles. The van der Waals surface area contributed by atoms with E-state index in [-0.39, 0.29) is 22.9 Å². The van der Waals surface area contributed by atoms with Gasteiger partial charge in [0.2, 0.25) is 0 Å². The lowest BCUT2D eigenvalue weighted by Crippen LogP contribution is -2.47. The summed E-state index contributed by atoms with van der Waals surface area (Å²) < 4.78 is 0. The van der Waals surface area contributed by atoms with Crippen LogP contribution in [0.25, 0.3) is 0 Å². The van der Waals surface area contributed by atoms with E-state index in [0.29, 0.717) is 12.2 Å². The summed E-state index contributed by atoms with van der Waals surface area (Å²) in [5.74, 6) is 0.623. The number of carbonyl (C=O) groups excluding carboxylic acids is 1. The Morgan fingerprint density at radius 2 is 1.88 bits per heavy atom. The molecule has 1 rings (SSSR count). The van der Waals surface area contributed by atoms with Gasteiger partial charge >= 0.3 is 0 Å². The Bertz CT molecular complexity index is 282. The van der Waals surface area contributed by atoms with Crippen LogP contribution in [0.1, 0.15) is 54.4 Å². The highest BCUT2D eigenvalue weighted by Crippen LogP contribution is 2.45. The van der Waals surface area contributed by atoms with Gasteiger partial charge in [0.05, 0.1) is 0 Å². The summed E-state index contributed by atoms with van der Waals surface area (Å²) >= 11 is 0. The number of nitrogens with zero attached hydrogens (tertiary/aromatic N) is 1. The molecular weight excluding hydrogens is 202 g/mol. The molecule has 1 aliphatic heterocycles. The van der Waals surface area contributed by atoms with Crippen molar-refractivity contribution < 1.29 is 10.0 Å². The Hall–Kier alpha value is -0.410. The van der Waals surface area contributed by atoms with Crippen molar-refractivity contribution in [3.63, 3.8) is 0 Å². The molecule has 1 aliphatic rings. The fourth-order valence-electron chi connectivity index (χ4n) is 2.69. The van der Waals surface area contributed by atoms with Gasteiger partial charge in [-0.2, -0.15) is 5.06 Å². The van der Waals surface area contributed by atoms with E-state index in [2.05, 4.69) is 0 Å². The Morgan fingerprint density at radius 3 is 2.19 bits per heavy atom. The van der Waals surface area contributed by atoms with Crippen LogP contribution >= 0.6 is 0 Å². The third-order valence-corrected chi connectivity index (χ3v) is 3.96. The summed E-state index contributed by atoms with van der Waals surface area (Å²) in [5.41, 5.74) is -0.542. The molecule has 1 N–H and O–H groups in total. The highest BCUT2D eigenvalue weighted by molar-refractivity contribution is 5.80. The van der Waals surface area contributed by atoms with Crippen LogP contribution < -0.4 is 0 Å². The summed E-state index contributed by atoms with van der Waals surface area (Å²) in [4.78, 5) is 11.8. The topological polar surface area (TPSA) is 40.5 Å². The Kier molecular flexibility index (Phi) is 3.51. The molecule has 0 amide bonds. The normalized spacial score (nSPS) is 28.6. The lowest BCUT2D eigenvalue weighted by Gasteiger charge is -2.36. The van der Waals surface area contributed by atoms with E-state index in [1.54, 1.807) is 0 Å². The molecule has 0 aliphatic carbocycles. The largest absolute Gasteiger partial charge is 0.313 e. The molecule has 1 fully saturated rings. The standard InChI is InChI=1S/C13H25NO2/c1-9(2)11(15)7-10-8-12(3,4)14(16)13(10,5)6/h9-10,16H,7-8H2,1-6H3. The van der Waals surface area contributed by atoms with E-state index < -0.39 is 0 Å². The molecule has 0 bridgehead atoms. The quantitative estimate of drug-likeness (QED) is 0.806. The van der Waals surface area contributed by atoms with Crippen molar-refractivity contribution in [1.29, 1.82) is 0 Å². The van der Waals surface area contributed by atoms with Gasteiger partial charge in [0.15, 0.2) is 0 Å². The second-order valence-electron chi connectivity index (χ2n) is 6.50. The summed E-state index contributed by atoms with van der Waals surface area (Å²) in [6.07, 6.45) is 1.44. The maximum atomic E-state index is 11.8. The highest BCUT2D eigenvalue weighted by atomic mass is 16.5. The lowest BCUT2D eigenvalue weighted by molar-refractivity contribution is -0.197. The number of hydrogen-bond acceptors (Lipinski definition) is 3. The predicted octanol–water partition coefficient (Wildman–Crippen LogP) is 2.87. The number of rotatable bonds is 3. The van der Waals surface area contributed by atoms with Crippen LogP contribution in [0.2, 0.25) is 0 Å². The van der Waals surface area contributed by atoms with Crippen LogP contribution in [0.3, 0.4) is 0 Å². The van der Waals surface area contributed by atoms with Crippen molar-refractivity contribution in [2.24, 2.45) is 11.8 Å². The number of carbonyl (C=O) groups is 1. The van der Waals surface area contributed by atoms with Gasteiger partial charge in [0, 0.05) is 23.4 Å². The maximum absolute atomic E-state index is 11.8. The van der Waals surface area contributed by atoms with Gasteiger partial charge in [0.1, 0.15) is 5.78 Å². The fraction of sp³-hybridized carbons (Fsp3) is 0.923. The van der Waals surface area contributed by atoms with Gasteiger partial charge in [-0.15, -0.1) is 0 Å². The minimum absolute atomic E-state index is 0.0895. The van der Waals surface area contributed by atoms with Gasteiger partial charge in [-0.25, -0.2) is 0 Å². The first-order valence-corrected chi connectivity index (χ1v) is 6.11. The van der Waals surface area contributed by atoms with Crippen molar-refractivity contribution in [2.45, 2.75) is 65.5 Å². The SMILES string of the molecule is CC(C)C(=O)CC1CC(C)(C)N(O)C1(C)C. The van der Waals surface area contributed by atoms with E-state index in [0.717, 1.165) is 6.42 Å². The Morgan fingerprint density at radius 1 is 1.38 bits per heavy atom. The zero-order valence-corrected chi connectivity index (χ0v) is 11.4. The number of hydrogen-bond donors (Lipinski definition) is 1. The summed E-state index contributed by atoms with van der Waals surface area (Å²) in [7, 11) is 0. The molecule has 1 heterocycles. The Labute approximate surface area is 98.8 Å². The first kappa shape index (κ1) is 13.7. The molecule has 1 saturated heterocycles. The first-order valence-electron chi connectivity index (χ1n) is 6.11. The average molecular weight is 227 g/mol. The van der Waals surface area contributed by atoms with E-state index >= 15 is 0 Å². The first-order chi connectivity index (χ1) is 7.09. The zero-order chi connectivity index (χ0) is 12.7. The van der Waals surface area contributed by atoms with E-state index in [4.69, 9.17) is 0 Å². The summed E-state index contributed by atoms with van der Waals surface area (Å²) in [5, 5.41) is 11.6. The molecule has 0 spiro atoms. The number of ketones is 1. The molecule has 1 unspecified atom stereocenters. The van der Waals surface area contributed by atoms with Crippen molar-refractivity contribution in [1.82, 2.24) is 5.06 Å². The number of Topliss-reactive ketones (excluding diaryl/α,β-unsaturated/α-hetero) is 1. The van der Waals surface area contributed by atoms with E-state index in [1.807, 2.05) is 41.5 Å². The van der Waals surface area contributed by atoms with Crippen LogP contribution in [0.5, 0.6) is 0 Å². The molecule has 0 saturated carbocycles. The molecule has 3 heteroatoms. The van der Waals surface area contributed by atoms with Crippen LogP contribution in [0.4, 0.5) is 0 Å². The highest BCUT2D eigenvalue weighted by Gasteiger charge is 2.51. The van der Waals surface area contributed by atoms with E-state index in [9.17, 15) is 10.0 Å². The van der Waals surface area contributed by atoms with Crippen molar-refractivity contribution in [3.8, 4) is 0 Å². The monoisotopic (exact) mass is 227 g/mol. The van der Waals surface area contributed by atoms with Crippen molar-refractivity contribution >= 4 is 5.78 Å². The van der Waals surface area contributed by atoms with E-state index in [1.165, 1.54) is 5.06 Å². The molecule has 0 aromatic rings.